The van der Waals surface area contributed by atoms with E-state index in [1.165, 1.54) is 22.4 Å². The molecule has 1 aromatic heterocycles. The Hall–Kier alpha value is -2.43. The number of nitrogens with one attached hydrogen (secondary N) is 1. The number of nitrogens with zero attached hydrogens (tertiary/aromatic N) is 2. The average molecular weight is 353 g/mol. The second-order valence-corrected chi connectivity index (χ2v) is 7.36. The molecule has 0 amide bonds. The van der Waals surface area contributed by atoms with Crippen molar-refractivity contribution >= 4 is 22.3 Å². The number of aromatic nitrogens is 1. The molecule has 3 nitrogen and oxygen atoms in total. The molecule has 0 atom stereocenters. The van der Waals surface area contributed by atoms with Gasteiger partial charge in [0.2, 0.25) is 0 Å². The van der Waals surface area contributed by atoms with E-state index >= 15 is 0 Å². The van der Waals surface area contributed by atoms with Crippen molar-refractivity contribution in [3.8, 4) is 0 Å². The van der Waals surface area contributed by atoms with Gasteiger partial charge in [0.25, 0.3) is 5.92 Å². The Labute approximate surface area is 151 Å². The lowest BCUT2D eigenvalue weighted by atomic mass is 9.88. The normalized spacial score (nSPS) is 21.4. The van der Waals surface area contributed by atoms with Crippen LogP contribution in [0.1, 0.15) is 36.8 Å². The molecule has 5 heteroatoms. The first-order valence-corrected chi connectivity index (χ1v) is 9.30. The van der Waals surface area contributed by atoms with Crippen LogP contribution in [-0.4, -0.2) is 24.0 Å². The number of hydrogen-bond acceptors (Lipinski definition) is 3. The van der Waals surface area contributed by atoms with Crippen molar-refractivity contribution in [2.24, 2.45) is 0 Å². The summed E-state index contributed by atoms with van der Waals surface area (Å²) in [5, 5.41) is 4.71. The molecule has 2 aromatic rings. The number of halogens is 2. The van der Waals surface area contributed by atoms with Gasteiger partial charge in [-0.15, -0.1) is 0 Å². The quantitative estimate of drug-likeness (QED) is 0.810. The van der Waals surface area contributed by atoms with Crippen LogP contribution in [0.25, 0.3) is 16.5 Å². The molecule has 3 heterocycles. The standard InChI is InChI=1S/C21H21F2N3/c22-21(23)9-11-26(12-10-21)20-8-6-16-17-13-24-18-4-2-1-3-15(18)14(17)5-7-19(16)25-20/h1,3,5-8,24H,2,4,9-13H2. The summed E-state index contributed by atoms with van der Waals surface area (Å²) in [5.41, 5.74) is 6.12. The fraction of sp³-hybridized carbons (Fsp3) is 0.381. The maximum absolute atomic E-state index is 13.4. The van der Waals surface area contributed by atoms with Crippen LogP contribution in [0.15, 0.2) is 42.1 Å². The summed E-state index contributed by atoms with van der Waals surface area (Å²) in [6, 6.07) is 8.30. The topological polar surface area (TPSA) is 28.2 Å². The Morgan fingerprint density at radius 2 is 1.92 bits per heavy atom. The minimum Gasteiger partial charge on any atom is -0.384 e. The molecule has 134 valence electrons. The molecule has 1 saturated heterocycles. The van der Waals surface area contributed by atoms with E-state index in [2.05, 4.69) is 35.7 Å². The molecule has 0 bridgehead atoms. The van der Waals surface area contributed by atoms with Crippen LogP contribution in [0.5, 0.6) is 0 Å². The third kappa shape index (κ3) is 2.57. The van der Waals surface area contributed by atoms with Crippen molar-refractivity contribution in [2.45, 2.75) is 38.2 Å². The molecule has 1 aliphatic carbocycles. The summed E-state index contributed by atoms with van der Waals surface area (Å²) in [6.45, 7) is 1.54. The maximum atomic E-state index is 13.4. The van der Waals surface area contributed by atoms with Crippen LogP contribution in [0, 0.1) is 0 Å². The number of piperidine rings is 1. The largest absolute Gasteiger partial charge is 0.384 e. The van der Waals surface area contributed by atoms with E-state index in [1.807, 2.05) is 11.0 Å². The van der Waals surface area contributed by atoms with Gasteiger partial charge in [-0.25, -0.2) is 13.8 Å². The number of allylic oxidation sites excluding steroid dienone is 4. The second kappa shape index (κ2) is 5.79. The van der Waals surface area contributed by atoms with Crippen molar-refractivity contribution in [3.05, 3.63) is 53.2 Å². The van der Waals surface area contributed by atoms with Gasteiger partial charge < -0.3 is 10.2 Å². The molecule has 26 heavy (non-hydrogen) atoms. The smallest absolute Gasteiger partial charge is 0.251 e. The van der Waals surface area contributed by atoms with Crippen LogP contribution >= 0.6 is 0 Å². The third-order valence-corrected chi connectivity index (χ3v) is 5.73. The predicted molar refractivity (Wildman–Crippen MR) is 100 cm³/mol. The first-order valence-electron chi connectivity index (χ1n) is 9.30. The minimum atomic E-state index is -2.53. The SMILES string of the molecule is FC1(F)CCN(c2ccc3c4c(ccc3n2)C2=C(CCC=C2)NC4)CC1. The number of rotatable bonds is 1. The van der Waals surface area contributed by atoms with Gasteiger partial charge in [-0.2, -0.15) is 0 Å². The van der Waals surface area contributed by atoms with Gasteiger partial charge in [-0.1, -0.05) is 18.2 Å². The van der Waals surface area contributed by atoms with Gasteiger partial charge in [-0.05, 0) is 42.2 Å². The number of hydrogen-bond donors (Lipinski definition) is 1. The summed E-state index contributed by atoms with van der Waals surface area (Å²) < 4.78 is 26.8. The zero-order valence-corrected chi connectivity index (χ0v) is 14.6. The second-order valence-electron chi connectivity index (χ2n) is 7.36. The number of pyridine rings is 1. The average Bonchev–Trinajstić information content (AvgIpc) is 2.67. The van der Waals surface area contributed by atoms with Gasteiger partial charge in [-0.3, -0.25) is 0 Å². The number of fused-ring (bicyclic) bond motifs is 4. The molecule has 0 radical (unpaired) electrons. The molecule has 0 unspecified atom stereocenters. The van der Waals surface area contributed by atoms with E-state index in [4.69, 9.17) is 4.98 Å². The summed E-state index contributed by atoms with van der Waals surface area (Å²) in [7, 11) is 0. The summed E-state index contributed by atoms with van der Waals surface area (Å²) >= 11 is 0. The van der Waals surface area contributed by atoms with Crippen molar-refractivity contribution < 1.29 is 8.78 Å². The van der Waals surface area contributed by atoms with Gasteiger partial charge in [0.15, 0.2) is 0 Å². The lowest BCUT2D eigenvalue weighted by Gasteiger charge is -2.32. The molecule has 2 aliphatic heterocycles. The molecule has 1 fully saturated rings. The Kier molecular flexibility index (Phi) is 3.52. The highest BCUT2D eigenvalue weighted by molar-refractivity contribution is 5.92. The number of benzene rings is 1. The Bertz CT molecular complexity index is 936. The highest BCUT2D eigenvalue weighted by atomic mass is 19.3. The van der Waals surface area contributed by atoms with Crippen LogP contribution in [0.4, 0.5) is 14.6 Å². The molecular weight excluding hydrogens is 332 g/mol. The van der Waals surface area contributed by atoms with Gasteiger partial charge in [0, 0.05) is 49.1 Å². The van der Waals surface area contributed by atoms with Gasteiger partial charge >= 0.3 is 0 Å². The van der Waals surface area contributed by atoms with Crippen molar-refractivity contribution in [1.29, 1.82) is 0 Å². The maximum Gasteiger partial charge on any atom is 0.251 e. The number of anilines is 1. The fourth-order valence-electron chi connectivity index (χ4n) is 4.23. The van der Waals surface area contributed by atoms with Gasteiger partial charge in [0.05, 0.1) is 5.52 Å². The zero-order valence-electron chi connectivity index (χ0n) is 14.6. The first kappa shape index (κ1) is 15.8. The van der Waals surface area contributed by atoms with E-state index in [9.17, 15) is 8.78 Å². The van der Waals surface area contributed by atoms with Crippen molar-refractivity contribution in [2.75, 3.05) is 18.0 Å². The third-order valence-electron chi connectivity index (χ3n) is 5.73. The van der Waals surface area contributed by atoms with Gasteiger partial charge in [0.1, 0.15) is 5.82 Å². The summed E-state index contributed by atoms with van der Waals surface area (Å²) in [6.07, 6.45) is 6.42. The summed E-state index contributed by atoms with van der Waals surface area (Å²) in [4.78, 5) is 6.75. The van der Waals surface area contributed by atoms with E-state index in [-0.39, 0.29) is 12.8 Å². The molecular formula is C21H21F2N3. The molecule has 1 N–H and O–H groups in total. The molecule has 0 saturated carbocycles. The van der Waals surface area contributed by atoms with E-state index < -0.39 is 5.92 Å². The van der Waals surface area contributed by atoms with Crippen LogP contribution < -0.4 is 10.2 Å². The summed E-state index contributed by atoms with van der Waals surface area (Å²) in [5.74, 6) is -1.73. The molecule has 0 spiro atoms. The molecule has 3 aliphatic rings. The van der Waals surface area contributed by atoms with Crippen LogP contribution in [0.3, 0.4) is 0 Å². The minimum absolute atomic E-state index is 0.0932. The highest BCUT2D eigenvalue weighted by Crippen LogP contribution is 2.36. The van der Waals surface area contributed by atoms with E-state index in [1.54, 1.807) is 0 Å². The Balaban J connectivity index is 1.52. The molecule has 1 aromatic carbocycles. The fourth-order valence-corrected chi connectivity index (χ4v) is 4.23. The lowest BCUT2D eigenvalue weighted by molar-refractivity contribution is -0.0221. The molecule has 5 rings (SSSR count). The zero-order chi connectivity index (χ0) is 17.7. The Morgan fingerprint density at radius 1 is 1.08 bits per heavy atom. The Morgan fingerprint density at radius 3 is 2.77 bits per heavy atom. The van der Waals surface area contributed by atoms with E-state index in [0.29, 0.717) is 13.1 Å². The number of alkyl halides is 2. The predicted octanol–water partition coefficient (Wildman–Crippen LogP) is 4.63. The van der Waals surface area contributed by atoms with Crippen LogP contribution in [-0.2, 0) is 6.54 Å². The van der Waals surface area contributed by atoms with Crippen molar-refractivity contribution in [1.82, 2.24) is 10.3 Å². The van der Waals surface area contributed by atoms with E-state index in [0.717, 1.165) is 36.1 Å². The monoisotopic (exact) mass is 353 g/mol. The first-order chi connectivity index (χ1) is 12.6. The highest BCUT2D eigenvalue weighted by Gasteiger charge is 2.34. The van der Waals surface area contributed by atoms with Crippen molar-refractivity contribution in [3.63, 3.8) is 0 Å². The van der Waals surface area contributed by atoms with Crippen LogP contribution in [0.2, 0.25) is 0 Å². The lowest BCUT2D eigenvalue weighted by Crippen LogP contribution is -2.39.